The highest BCUT2D eigenvalue weighted by atomic mass is 32.2. The Bertz CT molecular complexity index is 1060. The van der Waals surface area contributed by atoms with E-state index < -0.39 is 0 Å². The van der Waals surface area contributed by atoms with Gasteiger partial charge in [0.15, 0.2) is 5.16 Å². The number of imidazole rings is 1. The van der Waals surface area contributed by atoms with Crippen molar-refractivity contribution in [2.24, 2.45) is 5.92 Å². The minimum atomic E-state index is -0.294. The van der Waals surface area contributed by atoms with Gasteiger partial charge < -0.3 is 8.98 Å². The summed E-state index contributed by atoms with van der Waals surface area (Å²) in [7, 11) is 0. The molecule has 0 fully saturated rings. The van der Waals surface area contributed by atoms with Gasteiger partial charge in [-0.05, 0) is 61.4 Å². The number of aromatic nitrogens is 2. The fourth-order valence-corrected chi connectivity index (χ4v) is 4.68. The number of rotatable bonds is 6. The molecule has 2 heterocycles. The van der Waals surface area contributed by atoms with E-state index in [4.69, 9.17) is 9.40 Å². The van der Waals surface area contributed by atoms with Crippen molar-refractivity contribution < 1.29 is 4.42 Å². The van der Waals surface area contributed by atoms with Crippen LogP contribution in [0.15, 0.2) is 32.6 Å². The lowest BCUT2D eigenvalue weighted by atomic mass is 9.95. The first-order valence-corrected chi connectivity index (χ1v) is 10.9. The van der Waals surface area contributed by atoms with Crippen molar-refractivity contribution >= 4 is 22.7 Å². The van der Waals surface area contributed by atoms with Crippen molar-refractivity contribution in [3.8, 4) is 0 Å². The molecule has 28 heavy (non-hydrogen) atoms. The van der Waals surface area contributed by atoms with E-state index in [-0.39, 0.29) is 5.63 Å². The Morgan fingerprint density at radius 3 is 2.46 bits per heavy atom. The molecular weight excluding hydrogens is 368 g/mol. The average Bonchev–Trinajstić information content (AvgIpc) is 2.85. The Kier molecular flexibility index (Phi) is 6.04. The maximum absolute atomic E-state index is 12.1. The first kappa shape index (κ1) is 20.7. The zero-order chi connectivity index (χ0) is 20.6. The van der Waals surface area contributed by atoms with Crippen LogP contribution in [-0.2, 0) is 12.3 Å². The van der Waals surface area contributed by atoms with Crippen molar-refractivity contribution in [1.29, 1.82) is 0 Å². The van der Waals surface area contributed by atoms with Crippen LogP contribution in [-0.4, -0.2) is 9.55 Å². The molecule has 0 unspecified atom stereocenters. The van der Waals surface area contributed by atoms with E-state index >= 15 is 0 Å². The molecule has 0 aliphatic carbocycles. The summed E-state index contributed by atoms with van der Waals surface area (Å²) in [5.74, 6) is 1.66. The van der Waals surface area contributed by atoms with E-state index in [0.29, 0.717) is 23.2 Å². The second-order valence-corrected chi connectivity index (χ2v) is 9.25. The third kappa shape index (κ3) is 4.19. The van der Waals surface area contributed by atoms with E-state index in [1.807, 2.05) is 6.07 Å². The summed E-state index contributed by atoms with van der Waals surface area (Å²) in [5.41, 5.74) is 6.12. The SMILES string of the molecule is Cc1cc2oc(=O)cc(CSc3nc(C)c(C)n3CC(C)C)c2cc1C(C)C. The van der Waals surface area contributed by atoms with Gasteiger partial charge in [0.2, 0.25) is 0 Å². The summed E-state index contributed by atoms with van der Waals surface area (Å²) < 4.78 is 7.78. The lowest BCUT2D eigenvalue weighted by Crippen LogP contribution is -2.08. The number of nitrogens with zero attached hydrogens (tertiary/aromatic N) is 2. The highest BCUT2D eigenvalue weighted by molar-refractivity contribution is 7.98. The Balaban J connectivity index is 2.00. The zero-order valence-electron chi connectivity index (χ0n) is 17.9. The molecule has 0 radical (unpaired) electrons. The fraction of sp³-hybridized carbons (Fsp3) is 0.478. The summed E-state index contributed by atoms with van der Waals surface area (Å²) in [6.07, 6.45) is 0. The molecule has 0 N–H and O–H groups in total. The lowest BCUT2D eigenvalue weighted by molar-refractivity contribution is 0.486. The highest BCUT2D eigenvalue weighted by Gasteiger charge is 2.15. The standard InChI is InChI=1S/C23H30N2O2S/c1-13(2)11-25-17(7)16(6)24-23(25)28-12-18-9-22(26)27-21-8-15(5)19(14(3)4)10-20(18)21/h8-10,13-14H,11-12H2,1-7H3. The van der Waals surface area contributed by atoms with Gasteiger partial charge >= 0.3 is 5.63 Å². The molecule has 150 valence electrons. The monoisotopic (exact) mass is 398 g/mol. The number of fused-ring (bicyclic) bond motifs is 1. The van der Waals surface area contributed by atoms with Gasteiger partial charge in [-0.1, -0.05) is 39.5 Å². The van der Waals surface area contributed by atoms with E-state index in [2.05, 4.69) is 59.1 Å². The minimum absolute atomic E-state index is 0.294. The molecule has 0 spiro atoms. The first-order valence-electron chi connectivity index (χ1n) is 9.91. The van der Waals surface area contributed by atoms with Crippen molar-refractivity contribution in [1.82, 2.24) is 9.55 Å². The van der Waals surface area contributed by atoms with Gasteiger partial charge in [0.1, 0.15) is 5.58 Å². The molecule has 2 aromatic heterocycles. The van der Waals surface area contributed by atoms with Crippen molar-refractivity contribution in [2.45, 2.75) is 71.8 Å². The molecule has 0 saturated heterocycles. The molecular formula is C23H30N2O2S. The van der Waals surface area contributed by atoms with Crippen LogP contribution in [0.5, 0.6) is 0 Å². The molecule has 3 aromatic rings. The minimum Gasteiger partial charge on any atom is -0.423 e. The van der Waals surface area contributed by atoms with Crippen molar-refractivity contribution in [3.05, 3.63) is 56.7 Å². The van der Waals surface area contributed by atoms with Crippen LogP contribution >= 0.6 is 11.8 Å². The molecule has 0 saturated carbocycles. The second-order valence-electron chi connectivity index (χ2n) is 8.31. The summed E-state index contributed by atoms with van der Waals surface area (Å²) in [4.78, 5) is 16.9. The van der Waals surface area contributed by atoms with Gasteiger partial charge in [0, 0.05) is 29.4 Å². The molecule has 0 aliphatic rings. The fourth-order valence-electron chi connectivity index (χ4n) is 3.59. The van der Waals surface area contributed by atoms with Gasteiger partial charge in [-0.25, -0.2) is 9.78 Å². The van der Waals surface area contributed by atoms with Crippen LogP contribution in [0.2, 0.25) is 0 Å². The Morgan fingerprint density at radius 2 is 1.82 bits per heavy atom. The van der Waals surface area contributed by atoms with Crippen LogP contribution in [0.1, 0.15) is 61.7 Å². The molecule has 0 aliphatic heterocycles. The lowest BCUT2D eigenvalue weighted by Gasteiger charge is -2.14. The molecule has 5 heteroatoms. The highest BCUT2D eigenvalue weighted by Crippen LogP contribution is 2.31. The second kappa shape index (κ2) is 8.16. The van der Waals surface area contributed by atoms with E-state index in [9.17, 15) is 4.79 Å². The number of benzene rings is 1. The Hall–Kier alpha value is -2.01. The normalized spacial score (nSPS) is 11.9. The third-order valence-electron chi connectivity index (χ3n) is 5.17. The average molecular weight is 399 g/mol. The third-order valence-corrected chi connectivity index (χ3v) is 6.19. The van der Waals surface area contributed by atoms with Crippen LogP contribution in [0.3, 0.4) is 0 Å². The predicted octanol–water partition coefficient (Wildman–Crippen LogP) is 5.99. The Morgan fingerprint density at radius 1 is 1.11 bits per heavy atom. The van der Waals surface area contributed by atoms with Crippen LogP contribution < -0.4 is 5.63 Å². The number of hydrogen-bond donors (Lipinski definition) is 0. The number of hydrogen-bond acceptors (Lipinski definition) is 4. The van der Waals surface area contributed by atoms with Gasteiger partial charge in [-0.2, -0.15) is 0 Å². The summed E-state index contributed by atoms with van der Waals surface area (Å²) >= 11 is 1.69. The number of aryl methyl sites for hydroxylation is 2. The quantitative estimate of drug-likeness (QED) is 0.378. The molecule has 3 rings (SSSR count). The molecule has 0 amide bonds. The van der Waals surface area contributed by atoms with Gasteiger partial charge in [-0.3, -0.25) is 0 Å². The molecule has 0 atom stereocenters. The predicted molar refractivity (Wildman–Crippen MR) is 117 cm³/mol. The van der Waals surface area contributed by atoms with Crippen molar-refractivity contribution in [2.75, 3.05) is 0 Å². The van der Waals surface area contributed by atoms with Gasteiger partial charge in [0.05, 0.1) is 5.69 Å². The molecule has 1 aromatic carbocycles. The van der Waals surface area contributed by atoms with E-state index in [1.165, 1.54) is 11.3 Å². The van der Waals surface area contributed by atoms with Gasteiger partial charge in [-0.15, -0.1) is 0 Å². The van der Waals surface area contributed by atoms with Gasteiger partial charge in [0.25, 0.3) is 0 Å². The largest absolute Gasteiger partial charge is 0.423 e. The van der Waals surface area contributed by atoms with Crippen LogP contribution in [0.4, 0.5) is 0 Å². The summed E-state index contributed by atoms with van der Waals surface area (Å²) in [5, 5.41) is 2.04. The number of thioether (sulfide) groups is 1. The Labute approximate surface area is 171 Å². The zero-order valence-corrected chi connectivity index (χ0v) is 18.7. The summed E-state index contributed by atoms with van der Waals surface area (Å²) in [6.45, 7) is 16.0. The molecule has 4 nitrogen and oxygen atoms in total. The van der Waals surface area contributed by atoms with Crippen LogP contribution in [0, 0.1) is 26.7 Å². The maximum atomic E-state index is 12.1. The van der Waals surface area contributed by atoms with E-state index in [0.717, 1.165) is 33.9 Å². The summed E-state index contributed by atoms with van der Waals surface area (Å²) in [6, 6.07) is 5.81. The maximum Gasteiger partial charge on any atom is 0.336 e. The van der Waals surface area contributed by atoms with E-state index in [1.54, 1.807) is 17.8 Å². The topological polar surface area (TPSA) is 48.0 Å². The van der Waals surface area contributed by atoms with Crippen LogP contribution in [0.25, 0.3) is 11.0 Å². The first-order chi connectivity index (χ1) is 13.2. The van der Waals surface area contributed by atoms with Crippen molar-refractivity contribution in [3.63, 3.8) is 0 Å². The smallest absolute Gasteiger partial charge is 0.336 e. The molecule has 0 bridgehead atoms.